The van der Waals surface area contributed by atoms with Gasteiger partial charge in [-0.05, 0) is 24.8 Å². The normalized spacial score (nSPS) is 14.2. The second-order valence-corrected chi connectivity index (χ2v) is 8.07. The van der Waals surface area contributed by atoms with Crippen molar-refractivity contribution < 1.29 is 8.42 Å². The summed E-state index contributed by atoms with van der Waals surface area (Å²) < 4.78 is 27.2. The number of rotatable bonds is 8. The molecule has 0 aliphatic heterocycles. The van der Waals surface area contributed by atoms with Gasteiger partial charge in [0.2, 0.25) is 10.0 Å². The highest BCUT2D eigenvalue weighted by Crippen LogP contribution is 2.27. The summed E-state index contributed by atoms with van der Waals surface area (Å²) >= 11 is 1.50. The molecule has 0 amide bonds. The van der Waals surface area contributed by atoms with Crippen LogP contribution in [0.25, 0.3) is 0 Å². The summed E-state index contributed by atoms with van der Waals surface area (Å²) in [7, 11) is -3.39. The minimum absolute atomic E-state index is 0.0239. The van der Waals surface area contributed by atoms with E-state index in [0.717, 1.165) is 11.3 Å². The Morgan fingerprint density at radius 1 is 1.30 bits per heavy atom. The first-order chi connectivity index (χ1) is 9.34. The first kappa shape index (κ1) is 17.6. The van der Waals surface area contributed by atoms with Gasteiger partial charge < -0.3 is 5.32 Å². The van der Waals surface area contributed by atoms with Crippen molar-refractivity contribution in [3.63, 3.8) is 0 Å². The fraction of sp³-hybridized carbons (Fsp3) is 0.714. The molecule has 1 N–H and O–H groups in total. The second kappa shape index (κ2) is 7.54. The summed E-state index contributed by atoms with van der Waals surface area (Å²) in [6.45, 7) is 11.1. The van der Waals surface area contributed by atoms with Crippen molar-refractivity contribution in [3.8, 4) is 0 Å². The average molecular weight is 319 g/mol. The van der Waals surface area contributed by atoms with Gasteiger partial charge in [0.15, 0.2) is 0 Å². The zero-order chi connectivity index (χ0) is 15.3. The van der Waals surface area contributed by atoms with Gasteiger partial charge in [0.1, 0.15) is 0 Å². The minimum Gasteiger partial charge on any atom is -0.310 e. The molecule has 116 valence electrons. The molecule has 6 heteroatoms. The summed E-state index contributed by atoms with van der Waals surface area (Å²) in [5, 5.41) is 5.14. The van der Waals surface area contributed by atoms with Gasteiger partial charge in [-0.3, -0.25) is 0 Å². The zero-order valence-electron chi connectivity index (χ0n) is 13.0. The number of hydrogen-bond acceptors (Lipinski definition) is 4. The van der Waals surface area contributed by atoms with E-state index in [1.165, 1.54) is 11.3 Å². The molecular formula is C14H26N2O2S2. The third-order valence-corrected chi connectivity index (χ3v) is 6.58. The highest BCUT2D eigenvalue weighted by atomic mass is 32.2. The summed E-state index contributed by atoms with van der Waals surface area (Å²) in [6, 6.07) is 2.09. The summed E-state index contributed by atoms with van der Waals surface area (Å²) in [4.78, 5) is 1.35. The lowest BCUT2D eigenvalue weighted by Gasteiger charge is -2.26. The van der Waals surface area contributed by atoms with E-state index in [1.54, 1.807) is 10.4 Å². The number of sulfonamides is 1. The number of nitrogens with one attached hydrogen (secondary N) is 1. The molecule has 1 unspecified atom stereocenters. The Labute approximate surface area is 127 Å². The first-order valence-electron chi connectivity index (χ1n) is 7.16. The molecule has 0 saturated heterocycles. The maximum Gasteiger partial charge on any atom is 0.244 e. The van der Waals surface area contributed by atoms with Crippen LogP contribution in [0.2, 0.25) is 0 Å². The van der Waals surface area contributed by atoms with Crippen molar-refractivity contribution in [3.05, 3.63) is 16.3 Å². The van der Waals surface area contributed by atoms with Crippen LogP contribution in [0.3, 0.4) is 0 Å². The Kier molecular flexibility index (Phi) is 6.64. The van der Waals surface area contributed by atoms with Crippen molar-refractivity contribution in [1.29, 1.82) is 0 Å². The van der Waals surface area contributed by atoms with Crippen molar-refractivity contribution in [2.75, 3.05) is 6.54 Å². The Hall–Kier alpha value is -0.430. The lowest BCUT2D eigenvalue weighted by atomic mass is 10.3. The van der Waals surface area contributed by atoms with E-state index in [9.17, 15) is 8.42 Å². The van der Waals surface area contributed by atoms with Crippen LogP contribution in [0.5, 0.6) is 0 Å². The van der Waals surface area contributed by atoms with Gasteiger partial charge in [-0.1, -0.05) is 27.7 Å². The van der Waals surface area contributed by atoms with Crippen LogP contribution in [-0.2, 0) is 16.6 Å². The Morgan fingerprint density at radius 3 is 2.45 bits per heavy atom. The van der Waals surface area contributed by atoms with Crippen molar-refractivity contribution in [1.82, 2.24) is 9.62 Å². The maximum atomic E-state index is 12.8. The van der Waals surface area contributed by atoms with E-state index >= 15 is 0 Å². The topological polar surface area (TPSA) is 49.4 Å². The van der Waals surface area contributed by atoms with E-state index in [0.29, 0.717) is 24.0 Å². The van der Waals surface area contributed by atoms with Crippen LogP contribution >= 0.6 is 11.3 Å². The predicted octanol–water partition coefficient (Wildman–Crippen LogP) is 3.06. The Morgan fingerprint density at radius 2 is 1.95 bits per heavy atom. The molecule has 0 aromatic carbocycles. The largest absolute Gasteiger partial charge is 0.310 e. The fourth-order valence-electron chi connectivity index (χ4n) is 2.03. The summed E-state index contributed by atoms with van der Waals surface area (Å²) in [5.41, 5.74) is 0. The van der Waals surface area contributed by atoms with Crippen LogP contribution in [-0.4, -0.2) is 31.4 Å². The molecule has 0 bridgehead atoms. The van der Waals surface area contributed by atoms with Crippen molar-refractivity contribution >= 4 is 21.4 Å². The van der Waals surface area contributed by atoms with E-state index in [2.05, 4.69) is 19.2 Å². The zero-order valence-corrected chi connectivity index (χ0v) is 14.6. The van der Waals surface area contributed by atoms with Crippen molar-refractivity contribution in [2.45, 2.75) is 64.6 Å². The molecule has 1 rings (SSSR count). The number of nitrogens with zero attached hydrogens (tertiary/aromatic N) is 1. The second-order valence-electron chi connectivity index (χ2n) is 5.21. The minimum atomic E-state index is -3.39. The van der Waals surface area contributed by atoms with Gasteiger partial charge in [0.25, 0.3) is 0 Å². The van der Waals surface area contributed by atoms with E-state index in [1.807, 2.05) is 26.2 Å². The molecule has 1 aromatic heterocycles. The molecule has 20 heavy (non-hydrogen) atoms. The third kappa shape index (κ3) is 4.04. The van der Waals surface area contributed by atoms with Crippen LogP contribution < -0.4 is 5.32 Å². The van der Waals surface area contributed by atoms with E-state index in [4.69, 9.17) is 0 Å². The molecule has 0 radical (unpaired) electrons. The van der Waals surface area contributed by atoms with Gasteiger partial charge in [0.05, 0.1) is 4.90 Å². The molecule has 1 heterocycles. The molecule has 0 saturated carbocycles. The SMILES string of the molecule is CCC(C)N(CC)S(=O)(=O)c1ccsc1CNC(C)C. The quantitative estimate of drug-likeness (QED) is 0.801. The van der Waals surface area contributed by atoms with Gasteiger partial charge >= 0.3 is 0 Å². The Balaban J connectivity index is 3.06. The van der Waals surface area contributed by atoms with Gasteiger partial charge in [-0.15, -0.1) is 11.3 Å². The molecular weight excluding hydrogens is 292 g/mol. The van der Waals surface area contributed by atoms with Crippen LogP contribution in [0, 0.1) is 0 Å². The van der Waals surface area contributed by atoms with Crippen molar-refractivity contribution in [2.24, 2.45) is 0 Å². The lowest BCUT2D eigenvalue weighted by molar-refractivity contribution is 0.342. The lowest BCUT2D eigenvalue weighted by Crippen LogP contribution is -2.38. The molecule has 0 spiro atoms. The van der Waals surface area contributed by atoms with E-state index < -0.39 is 10.0 Å². The molecule has 0 fully saturated rings. The predicted molar refractivity (Wildman–Crippen MR) is 85.6 cm³/mol. The molecule has 1 atom stereocenters. The average Bonchev–Trinajstić information content (AvgIpc) is 2.85. The molecule has 0 aliphatic rings. The molecule has 0 aliphatic carbocycles. The maximum absolute atomic E-state index is 12.8. The van der Waals surface area contributed by atoms with Crippen LogP contribution in [0.1, 0.15) is 45.9 Å². The van der Waals surface area contributed by atoms with Gasteiger partial charge in [-0.25, -0.2) is 8.42 Å². The highest BCUT2D eigenvalue weighted by molar-refractivity contribution is 7.89. The van der Waals surface area contributed by atoms with E-state index in [-0.39, 0.29) is 6.04 Å². The number of hydrogen-bond donors (Lipinski definition) is 1. The monoisotopic (exact) mass is 318 g/mol. The number of thiophene rings is 1. The van der Waals surface area contributed by atoms with Crippen LogP contribution in [0.15, 0.2) is 16.3 Å². The summed E-state index contributed by atoms with van der Waals surface area (Å²) in [6.07, 6.45) is 0.816. The van der Waals surface area contributed by atoms with Crippen LogP contribution in [0.4, 0.5) is 0 Å². The molecule has 1 aromatic rings. The fourth-order valence-corrected chi connectivity index (χ4v) is 5.11. The van der Waals surface area contributed by atoms with Gasteiger partial charge in [0, 0.05) is 30.1 Å². The highest BCUT2D eigenvalue weighted by Gasteiger charge is 2.29. The first-order valence-corrected chi connectivity index (χ1v) is 9.48. The van der Waals surface area contributed by atoms with Gasteiger partial charge in [-0.2, -0.15) is 4.31 Å². The smallest absolute Gasteiger partial charge is 0.244 e. The standard InChI is InChI=1S/C14H26N2O2S2/c1-6-12(5)16(7-2)20(17,18)14-8-9-19-13(14)10-15-11(3)4/h8-9,11-12,15H,6-7,10H2,1-5H3. The molecule has 4 nitrogen and oxygen atoms in total. The Bertz CT molecular complexity index is 509. The third-order valence-electron chi connectivity index (χ3n) is 3.36. The summed E-state index contributed by atoms with van der Waals surface area (Å²) in [5.74, 6) is 0.